The largest absolute Gasteiger partial charge is 0.467 e. The second-order valence-corrected chi connectivity index (χ2v) is 19.2. The maximum atomic E-state index is 14.4. The van der Waals surface area contributed by atoms with Gasteiger partial charge in [0.25, 0.3) is 6.47 Å². The molecular formula is C53H72F3N7O7. The minimum atomic E-state index is -4.48. The zero-order chi connectivity index (χ0) is 51.4. The van der Waals surface area contributed by atoms with Gasteiger partial charge in [-0.15, -0.1) is 0 Å². The van der Waals surface area contributed by atoms with Crippen LogP contribution >= 0.6 is 0 Å². The van der Waals surface area contributed by atoms with Gasteiger partial charge in [-0.2, -0.15) is 13.2 Å². The molecule has 0 spiro atoms. The number of hydrogen-bond acceptors (Lipinski definition) is 10. The number of aryl methyl sites for hydroxylation is 1. The first kappa shape index (κ1) is 56.7. The van der Waals surface area contributed by atoms with E-state index in [-0.39, 0.29) is 42.4 Å². The summed E-state index contributed by atoms with van der Waals surface area (Å²) < 4.78 is 55.6. The van der Waals surface area contributed by atoms with E-state index in [0.717, 1.165) is 86.3 Å². The Morgan fingerprint density at radius 1 is 1.01 bits per heavy atom. The van der Waals surface area contributed by atoms with Crippen molar-refractivity contribution in [2.75, 3.05) is 46.9 Å². The Bertz CT molecular complexity index is 2340. The number of aromatic nitrogens is 2. The third kappa shape index (κ3) is 16.9. The number of nitrogens with zero attached hydrogens (tertiary/aromatic N) is 4. The van der Waals surface area contributed by atoms with Crippen LogP contribution in [0.2, 0.25) is 0 Å². The maximum absolute atomic E-state index is 14.4. The lowest BCUT2D eigenvalue weighted by Crippen LogP contribution is -2.43. The van der Waals surface area contributed by atoms with E-state index in [9.17, 15) is 37.1 Å². The highest BCUT2D eigenvalue weighted by Gasteiger charge is 2.35. The van der Waals surface area contributed by atoms with Gasteiger partial charge in [0.05, 0.1) is 24.0 Å². The number of carbonyl (C=O) groups excluding carboxylic acids is 5. The summed E-state index contributed by atoms with van der Waals surface area (Å²) >= 11 is 0. The highest BCUT2D eigenvalue weighted by atomic mass is 19.4. The Morgan fingerprint density at radius 3 is 2.36 bits per heavy atom. The molecule has 2 aromatic heterocycles. The van der Waals surface area contributed by atoms with Gasteiger partial charge >= 0.3 is 6.18 Å². The standard InChI is InChI=1S/C38H45F3N4O4.C8H11NO2.C7H16N2O/c1-37(2,24-48-26-47)22-32-31-21-29(28-12-7-11-27(20-28)10-5-3-4-6-18-43-44-25-46)15-16-33(31)45(23-38(39,40)41)36(32)30-13-8-17-42-35(30)34-14-9-19-49-34;1-2-8(11)9-4-3-7(5-9)6-10;1-5(2)6(7(8)10)9(3)4/h7-8,11-13,15-17,20-21,25-26,34,43H,3-6,9-10,14,18-19,22-24H2,1-2H3,(H,44,46);2,6-7H,1,3-5H2;5-6H,1-4H3,(H2,8,10). The van der Waals surface area contributed by atoms with Crippen LogP contribution in [-0.4, -0.2) is 109 Å². The van der Waals surface area contributed by atoms with Gasteiger partial charge in [-0.05, 0) is 118 Å². The summed E-state index contributed by atoms with van der Waals surface area (Å²) in [5.41, 5.74) is 15.9. The van der Waals surface area contributed by atoms with Crippen LogP contribution in [0.5, 0.6) is 0 Å². The molecule has 3 amide bonds. The number of carbonyl (C=O) groups is 5. The molecule has 4 aromatic rings. The number of hydrazine groups is 1. The van der Waals surface area contributed by atoms with E-state index >= 15 is 0 Å². The number of amides is 3. The molecule has 2 saturated heterocycles. The van der Waals surface area contributed by atoms with Gasteiger partial charge in [-0.25, -0.2) is 5.43 Å². The molecule has 382 valence electrons. The molecular weight excluding hydrogens is 904 g/mol. The van der Waals surface area contributed by atoms with E-state index in [0.29, 0.717) is 61.5 Å². The fraction of sp³-hybridized carbons (Fsp3) is 0.509. The van der Waals surface area contributed by atoms with Crippen LogP contribution in [0.3, 0.4) is 0 Å². The SMILES string of the molecule is C=CC(=O)N1CCC(C=O)C1.CC(C)(COC=O)Cc1c(-c2cccnc2C2CCCO2)n(CC(F)(F)F)c2ccc(-c3cccc(CCCCCCNNC=O)c3)cc12.CC(C)C(C(N)=O)N(C)C. The number of pyridine rings is 1. The van der Waals surface area contributed by atoms with Gasteiger partial charge in [0.1, 0.15) is 18.9 Å². The molecule has 14 nitrogen and oxygen atoms in total. The Hall–Kier alpha value is -5.91. The third-order valence-corrected chi connectivity index (χ3v) is 12.4. The molecule has 70 heavy (non-hydrogen) atoms. The van der Waals surface area contributed by atoms with Crippen molar-refractivity contribution in [2.45, 2.75) is 110 Å². The Kier molecular flexibility index (Phi) is 22.2. The highest BCUT2D eigenvalue weighted by Crippen LogP contribution is 2.44. The van der Waals surface area contributed by atoms with Gasteiger partial charge in [0.15, 0.2) is 0 Å². The maximum Gasteiger partial charge on any atom is 0.406 e. The molecule has 2 fully saturated rings. The van der Waals surface area contributed by atoms with E-state index in [1.165, 1.54) is 16.2 Å². The first-order valence-corrected chi connectivity index (χ1v) is 24.0. The van der Waals surface area contributed by atoms with Crippen LogP contribution in [-0.2, 0) is 52.8 Å². The average molecular weight is 976 g/mol. The summed E-state index contributed by atoms with van der Waals surface area (Å²) in [4.78, 5) is 61.7. The number of unbranched alkanes of at least 4 members (excludes halogenated alkanes) is 3. The van der Waals surface area contributed by atoms with Gasteiger partial charge in [-0.1, -0.05) is 77.4 Å². The van der Waals surface area contributed by atoms with Crippen molar-refractivity contribution in [3.05, 3.63) is 90.3 Å². The molecule has 0 bridgehead atoms. The molecule has 6 rings (SSSR count). The van der Waals surface area contributed by atoms with Gasteiger partial charge in [0, 0.05) is 60.2 Å². The number of likely N-dealkylation sites (tertiary alicyclic amines) is 1. The fourth-order valence-corrected chi connectivity index (χ4v) is 9.21. The lowest BCUT2D eigenvalue weighted by atomic mass is 9.84. The number of halogens is 3. The van der Waals surface area contributed by atoms with E-state index in [1.807, 2.05) is 77.0 Å². The number of nitrogens with two attached hydrogens (primary N) is 1. The predicted octanol–water partition coefficient (Wildman–Crippen LogP) is 8.16. The summed E-state index contributed by atoms with van der Waals surface area (Å²) in [6.45, 7) is 13.1. The second kappa shape index (κ2) is 27.5. The number of likely N-dealkylation sites (N-methyl/N-ethyl adjacent to an activating group) is 1. The molecule has 4 N–H and O–H groups in total. The summed E-state index contributed by atoms with van der Waals surface area (Å²) in [5, 5.41) is 0.723. The van der Waals surface area contributed by atoms with Crippen LogP contribution in [0.1, 0.15) is 95.6 Å². The van der Waals surface area contributed by atoms with Crippen molar-refractivity contribution in [1.82, 2.24) is 30.2 Å². The Balaban J connectivity index is 0.000000418. The second-order valence-electron chi connectivity index (χ2n) is 19.2. The van der Waals surface area contributed by atoms with Crippen LogP contribution in [0.4, 0.5) is 13.2 Å². The normalized spacial score (nSPS) is 16.2. The fourth-order valence-electron chi connectivity index (χ4n) is 9.21. The van der Waals surface area contributed by atoms with Crippen LogP contribution < -0.4 is 16.6 Å². The van der Waals surface area contributed by atoms with Crippen molar-refractivity contribution in [3.63, 3.8) is 0 Å². The topological polar surface area (TPSA) is 178 Å². The molecule has 2 aliphatic heterocycles. The summed E-state index contributed by atoms with van der Waals surface area (Å²) in [7, 11) is 3.71. The van der Waals surface area contributed by atoms with Crippen molar-refractivity contribution in [1.29, 1.82) is 0 Å². The molecule has 17 heteroatoms. The van der Waals surface area contributed by atoms with Crippen molar-refractivity contribution in [3.8, 4) is 22.4 Å². The van der Waals surface area contributed by atoms with Gasteiger partial charge < -0.3 is 29.5 Å². The third-order valence-electron chi connectivity index (χ3n) is 12.4. The van der Waals surface area contributed by atoms with Crippen molar-refractivity contribution in [2.24, 2.45) is 23.0 Å². The summed E-state index contributed by atoms with van der Waals surface area (Å²) in [5.74, 6) is 0.000694. The van der Waals surface area contributed by atoms with E-state index < -0.39 is 18.1 Å². The molecule has 2 aliphatic rings. The van der Waals surface area contributed by atoms with E-state index in [1.54, 1.807) is 23.2 Å². The molecule has 3 unspecified atom stereocenters. The Morgan fingerprint density at radius 2 is 1.76 bits per heavy atom. The highest BCUT2D eigenvalue weighted by molar-refractivity contribution is 5.95. The van der Waals surface area contributed by atoms with Gasteiger partial charge in [0.2, 0.25) is 18.2 Å². The number of ether oxygens (including phenoxy) is 2. The first-order chi connectivity index (χ1) is 33.3. The average Bonchev–Trinajstić information content (AvgIpc) is 4.09. The quantitative estimate of drug-likeness (QED) is 0.0284. The molecule has 2 aromatic carbocycles. The number of nitrogens with one attached hydrogen (secondary N) is 2. The number of alkyl halides is 3. The number of benzene rings is 2. The smallest absolute Gasteiger partial charge is 0.406 e. The van der Waals surface area contributed by atoms with Crippen molar-refractivity contribution >= 4 is 41.9 Å². The summed E-state index contributed by atoms with van der Waals surface area (Å²) in [6.07, 6.45) is 7.46. The lowest BCUT2D eigenvalue weighted by molar-refractivity contribution is -0.139. The zero-order valence-corrected chi connectivity index (χ0v) is 41.6. The van der Waals surface area contributed by atoms with Crippen molar-refractivity contribution < 1.29 is 46.6 Å². The molecule has 0 aliphatic carbocycles. The minimum absolute atomic E-state index is 0.0406. The van der Waals surface area contributed by atoms with Gasteiger partial charge in [-0.3, -0.25) is 34.5 Å². The molecule has 0 saturated carbocycles. The molecule has 3 atom stereocenters. The molecule has 4 heterocycles. The van der Waals surface area contributed by atoms with E-state index in [2.05, 4.69) is 34.5 Å². The van der Waals surface area contributed by atoms with Crippen LogP contribution in [0, 0.1) is 17.3 Å². The first-order valence-electron chi connectivity index (χ1n) is 24.0. The zero-order valence-electron chi connectivity index (χ0n) is 41.6. The summed E-state index contributed by atoms with van der Waals surface area (Å²) in [6, 6.07) is 17.5. The number of primary amides is 1. The molecule has 0 radical (unpaired) electrons. The Labute approximate surface area is 410 Å². The lowest BCUT2D eigenvalue weighted by Gasteiger charge is -2.25. The number of aldehydes is 1. The number of rotatable bonds is 23. The van der Waals surface area contributed by atoms with Crippen LogP contribution in [0.25, 0.3) is 33.3 Å². The monoisotopic (exact) mass is 976 g/mol. The number of hydrogen-bond donors (Lipinski definition) is 3. The van der Waals surface area contributed by atoms with E-state index in [4.69, 9.17) is 15.2 Å². The minimum Gasteiger partial charge on any atom is -0.467 e. The number of fused-ring (bicyclic) bond motifs is 1. The predicted molar refractivity (Wildman–Crippen MR) is 266 cm³/mol. The van der Waals surface area contributed by atoms with Crippen LogP contribution in [0.15, 0.2) is 73.4 Å².